The van der Waals surface area contributed by atoms with Gasteiger partial charge in [0.2, 0.25) is 0 Å². The molecule has 0 atom stereocenters. The molecule has 0 radical (unpaired) electrons. The summed E-state index contributed by atoms with van der Waals surface area (Å²) in [5.41, 5.74) is 2.59. The lowest BCUT2D eigenvalue weighted by Crippen LogP contribution is -2.24. The fraction of sp³-hybridized carbons (Fsp3) is 0.464. The van der Waals surface area contributed by atoms with Crippen molar-refractivity contribution in [3.05, 3.63) is 60.8 Å². The van der Waals surface area contributed by atoms with Crippen molar-refractivity contribution >= 4 is 33.2 Å². The van der Waals surface area contributed by atoms with Crippen LogP contribution in [0.1, 0.15) is 59.4 Å². The van der Waals surface area contributed by atoms with Gasteiger partial charge in [-0.05, 0) is 78.9 Å². The molecule has 4 heterocycles. The van der Waals surface area contributed by atoms with Crippen LogP contribution in [-0.4, -0.2) is 63.9 Å². The zero-order valence-electron chi connectivity index (χ0n) is 23.6. The third kappa shape index (κ3) is 8.39. The normalized spacial score (nSPS) is 13.9. The van der Waals surface area contributed by atoms with E-state index in [4.69, 9.17) is 0 Å². The van der Waals surface area contributed by atoms with Gasteiger partial charge < -0.3 is 9.64 Å². The van der Waals surface area contributed by atoms with Crippen LogP contribution in [0.4, 0.5) is 0 Å². The summed E-state index contributed by atoms with van der Waals surface area (Å²) in [5, 5.41) is 0. The maximum absolute atomic E-state index is 12.8. The molecule has 0 amide bonds. The summed E-state index contributed by atoms with van der Waals surface area (Å²) < 4.78 is 33.1. The van der Waals surface area contributed by atoms with E-state index in [9.17, 15) is 13.2 Å². The Labute approximate surface area is 226 Å². The van der Waals surface area contributed by atoms with Gasteiger partial charge in [0.1, 0.15) is 5.60 Å². The molecule has 0 aliphatic carbocycles. The number of piperidine rings is 1. The molecule has 0 N–H and O–H groups in total. The Kier molecular flexibility index (Phi) is 11.5. The van der Waals surface area contributed by atoms with Crippen molar-refractivity contribution in [1.82, 2.24) is 23.2 Å². The largest absolute Gasteiger partial charge is 0.462 e. The van der Waals surface area contributed by atoms with Crippen molar-refractivity contribution in [3.63, 3.8) is 0 Å². The van der Waals surface area contributed by atoms with Gasteiger partial charge in [-0.1, -0.05) is 38.0 Å². The Morgan fingerprint density at radius 1 is 0.974 bits per heavy atom. The molecular weight excluding hydrogens is 502 g/mol. The van der Waals surface area contributed by atoms with Gasteiger partial charge in [0.15, 0.2) is 5.65 Å². The lowest BCUT2D eigenvalue weighted by molar-refractivity contribution is -0.138. The van der Waals surface area contributed by atoms with Crippen LogP contribution in [0, 0.1) is 6.92 Å². The second kappa shape index (κ2) is 14.1. The van der Waals surface area contributed by atoms with E-state index < -0.39 is 10.0 Å². The number of carbonyl (C=O) groups is 1. The number of hydrogen-bond donors (Lipinski definition) is 0. The van der Waals surface area contributed by atoms with Gasteiger partial charge >= 0.3 is 0 Å². The highest BCUT2D eigenvalue weighted by Crippen LogP contribution is 2.22. The van der Waals surface area contributed by atoms with Crippen LogP contribution in [0.3, 0.4) is 0 Å². The molecule has 208 valence electrons. The summed E-state index contributed by atoms with van der Waals surface area (Å²) in [4.78, 5) is 20.6. The van der Waals surface area contributed by atoms with Crippen molar-refractivity contribution in [2.24, 2.45) is 0 Å². The number of nitrogens with zero attached hydrogens (tertiary/aromatic N) is 5. The molecule has 1 aliphatic heterocycles. The monoisotopic (exact) mass is 543 g/mol. The van der Waals surface area contributed by atoms with Gasteiger partial charge in [-0.25, -0.2) is 22.4 Å². The molecule has 1 saturated heterocycles. The molecule has 9 nitrogen and oxygen atoms in total. The van der Waals surface area contributed by atoms with Crippen molar-refractivity contribution in [2.75, 3.05) is 20.1 Å². The van der Waals surface area contributed by atoms with Crippen LogP contribution >= 0.6 is 0 Å². The molecule has 0 saturated carbocycles. The number of rotatable bonds is 3. The lowest BCUT2D eigenvalue weighted by atomic mass is 10.1. The number of aryl methyl sites for hydroxylation is 1. The summed E-state index contributed by atoms with van der Waals surface area (Å²) in [7, 11) is -1.48. The number of ether oxygens (including phenoxy) is 1. The van der Waals surface area contributed by atoms with Crippen molar-refractivity contribution < 1.29 is 17.9 Å². The molecule has 3 aromatic heterocycles. The Morgan fingerprint density at radius 3 is 2.11 bits per heavy atom. The van der Waals surface area contributed by atoms with Gasteiger partial charge in [0, 0.05) is 6.20 Å². The summed E-state index contributed by atoms with van der Waals surface area (Å²) in [6, 6.07) is 8.49. The van der Waals surface area contributed by atoms with E-state index >= 15 is 0 Å². The average Bonchev–Trinajstić information content (AvgIpc) is 3.53. The lowest BCUT2D eigenvalue weighted by Gasteiger charge is -2.20. The van der Waals surface area contributed by atoms with Gasteiger partial charge in [-0.15, -0.1) is 0 Å². The topological polar surface area (TPSA) is 98.8 Å². The highest BCUT2D eigenvalue weighted by Gasteiger charge is 2.20. The second-order valence-electron chi connectivity index (χ2n) is 9.78. The van der Waals surface area contributed by atoms with Crippen molar-refractivity contribution in [2.45, 2.75) is 71.3 Å². The summed E-state index contributed by atoms with van der Waals surface area (Å²) in [6.07, 6.45) is 10.7. The number of likely N-dealkylation sites (tertiary alicyclic amines) is 1. The first kappa shape index (κ1) is 31.0. The van der Waals surface area contributed by atoms with Gasteiger partial charge in [-0.2, -0.15) is 0 Å². The standard InChI is InChI=1S/C15H12N4O2S.C6H13N.C5H10O2.C2H6/c1-11-2-4-13(5-3-11)22(20,21)19-7-6-14-15(19)17-9-12-8-16-10-18(12)14;1-7-5-3-2-4-6-7;1-5(2,3)7-4-6;1-2/h2-10H,1H3;2-6H2,1H3;4H,1-3H3;1-2H3. The first-order chi connectivity index (χ1) is 18.0. The Balaban J connectivity index is 0.000000261. The van der Waals surface area contributed by atoms with Crippen LogP contribution in [0.2, 0.25) is 0 Å². The molecule has 1 fully saturated rings. The van der Waals surface area contributed by atoms with Crippen molar-refractivity contribution in [1.29, 1.82) is 0 Å². The van der Waals surface area contributed by atoms with Crippen LogP contribution in [0.15, 0.2) is 60.1 Å². The van der Waals surface area contributed by atoms with E-state index in [0.717, 1.165) is 11.1 Å². The number of hydrogen-bond acceptors (Lipinski definition) is 7. The Bertz CT molecular complexity index is 1380. The van der Waals surface area contributed by atoms with E-state index in [0.29, 0.717) is 17.6 Å². The van der Waals surface area contributed by atoms with Crippen LogP contribution < -0.4 is 0 Å². The molecule has 0 bridgehead atoms. The molecule has 10 heteroatoms. The molecule has 0 spiro atoms. The second-order valence-corrected chi connectivity index (χ2v) is 11.6. The zero-order chi connectivity index (χ0) is 28.3. The first-order valence-corrected chi connectivity index (χ1v) is 14.4. The number of imidazole rings is 1. The molecule has 1 aromatic carbocycles. The smallest absolute Gasteiger partial charge is 0.293 e. The minimum absolute atomic E-state index is 0.239. The third-order valence-corrected chi connectivity index (χ3v) is 7.29. The highest BCUT2D eigenvalue weighted by molar-refractivity contribution is 7.90. The SMILES string of the molecule is CC.CC(C)(C)OC=O.CN1CCCCC1.Cc1ccc(S(=O)(=O)n2ccc3c2ncc2cncn23)cc1. The summed E-state index contributed by atoms with van der Waals surface area (Å²) in [5.74, 6) is 0. The number of fused-ring (bicyclic) bond motifs is 3. The van der Waals surface area contributed by atoms with E-state index in [2.05, 4.69) is 26.7 Å². The van der Waals surface area contributed by atoms with Crippen LogP contribution in [0.25, 0.3) is 16.7 Å². The zero-order valence-corrected chi connectivity index (χ0v) is 24.4. The minimum Gasteiger partial charge on any atom is -0.462 e. The third-order valence-electron chi connectivity index (χ3n) is 5.61. The Morgan fingerprint density at radius 2 is 1.61 bits per heavy atom. The number of aromatic nitrogens is 4. The highest BCUT2D eigenvalue weighted by atomic mass is 32.2. The first-order valence-electron chi connectivity index (χ1n) is 12.9. The average molecular weight is 544 g/mol. The fourth-order valence-corrected chi connectivity index (χ4v) is 4.95. The molecule has 4 aromatic rings. The van der Waals surface area contributed by atoms with E-state index in [1.807, 2.05) is 45.9 Å². The molecule has 38 heavy (non-hydrogen) atoms. The predicted molar refractivity (Wildman–Crippen MR) is 152 cm³/mol. The van der Waals surface area contributed by atoms with Gasteiger partial charge in [0.05, 0.1) is 34.6 Å². The van der Waals surface area contributed by atoms with Crippen molar-refractivity contribution in [3.8, 4) is 0 Å². The quantitative estimate of drug-likeness (QED) is 0.323. The molecule has 0 unspecified atom stereocenters. The molecule has 5 rings (SSSR count). The summed E-state index contributed by atoms with van der Waals surface area (Å²) >= 11 is 0. The van der Waals surface area contributed by atoms with E-state index in [1.165, 1.54) is 42.5 Å². The van der Waals surface area contributed by atoms with Crippen LogP contribution in [0.5, 0.6) is 0 Å². The molecule has 1 aliphatic rings. The van der Waals surface area contributed by atoms with Gasteiger partial charge in [0.25, 0.3) is 16.5 Å². The molecular formula is C28H41N5O4S. The van der Waals surface area contributed by atoms with E-state index in [-0.39, 0.29) is 10.5 Å². The fourth-order valence-electron chi connectivity index (χ4n) is 3.65. The maximum atomic E-state index is 12.8. The van der Waals surface area contributed by atoms with Crippen LogP contribution in [-0.2, 0) is 19.6 Å². The maximum Gasteiger partial charge on any atom is 0.293 e. The number of benzene rings is 1. The van der Waals surface area contributed by atoms with Gasteiger partial charge in [-0.3, -0.25) is 9.20 Å². The predicted octanol–water partition coefficient (Wildman–Crippen LogP) is 5.32. The van der Waals surface area contributed by atoms with E-state index in [1.54, 1.807) is 49.1 Å². The Hall–Kier alpha value is -3.24. The summed E-state index contributed by atoms with van der Waals surface area (Å²) in [6.45, 7) is 14.5. The minimum atomic E-state index is -3.67. The number of carbonyl (C=O) groups excluding carboxylic acids is 1.